The largest absolute Gasteiger partial charge is 0.480 e. The van der Waals surface area contributed by atoms with Crippen molar-refractivity contribution in [2.75, 3.05) is 13.2 Å². The lowest BCUT2D eigenvalue weighted by Crippen LogP contribution is -2.57. The molecule has 4 amide bonds. The second-order valence-electron chi connectivity index (χ2n) is 9.01. The molecule has 37 heavy (non-hydrogen) atoms. The van der Waals surface area contributed by atoms with Crippen LogP contribution in [0.5, 0.6) is 0 Å². The maximum Gasteiger partial charge on any atom is 0.326 e. The molecule has 13 nitrogen and oxygen atoms in total. The van der Waals surface area contributed by atoms with E-state index in [1.54, 1.807) is 6.20 Å². The summed E-state index contributed by atoms with van der Waals surface area (Å²) in [6, 6.07) is 2.72. The Morgan fingerprint density at radius 3 is 2.54 bits per heavy atom. The third-order valence-corrected chi connectivity index (χ3v) is 6.38. The minimum Gasteiger partial charge on any atom is -0.480 e. The monoisotopic (exact) mass is 516 g/mol. The highest BCUT2D eigenvalue weighted by Crippen LogP contribution is 2.21. The van der Waals surface area contributed by atoms with Gasteiger partial charge in [-0.2, -0.15) is 0 Å². The summed E-state index contributed by atoms with van der Waals surface area (Å²) in [4.78, 5) is 66.2. The summed E-state index contributed by atoms with van der Waals surface area (Å²) in [5.74, 6) is -4.00. The van der Waals surface area contributed by atoms with E-state index in [9.17, 15) is 34.2 Å². The minimum absolute atomic E-state index is 0.0283. The molecular weight excluding hydrogens is 484 g/mol. The van der Waals surface area contributed by atoms with Crippen molar-refractivity contribution < 1.29 is 34.2 Å². The average molecular weight is 517 g/mol. The number of likely N-dealkylation sites (tertiary alicyclic amines) is 1. The number of nitrogens with one attached hydrogen (secondary N) is 3. The number of H-pyrrole nitrogens is 1. The Morgan fingerprint density at radius 1 is 1.14 bits per heavy atom. The molecule has 1 saturated heterocycles. The van der Waals surface area contributed by atoms with E-state index in [1.165, 1.54) is 4.90 Å². The molecule has 13 heteroatoms. The third kappa shape index (κ3) is 6.83. The molecule has 3 rings (SSSR count). The number of benzene rings is 1. The summed E-state index contributed by atoms with van der Waals surface area (Å²) in [6.45, 7) is -0.296. The van der Waals surface area contributed by atoms with Crippen LogP contribution in [0.3, 0.4) is 0 Å². The normalized spacial score (nSPS) is 17.7. The fraction of sp³-hybridized carbons (Fsp3) is 0.458. The molecule has 0 aliphatic carbocycles. The van der Waals surface area contributed by atoms with Crippen LogP contribution in [0.4, 0.5) is 0 Å². The van der Waals surface area contributed by atoms with Gasteiger partial charge in [0.1, 0.15) is 24.2 Å². The first-order chi connectivity index (χ1) is 17.6. The van der Waals surface area contributed by atoms with Crippen molar-refractivity contribution in [1.29, 1.82) is 0 Å². The Bertz CT molecular complexity index is 1170. The van der Waals surface area contributed by atoms with Gasteiger partial charge in [-0.3, -0.25) is 19.2 Å². The lowest BCUT2D eigenvalue weighted by molar-refractivity contribution is -0.143. The number of primary amides is 1. The molecule has 0 spiro atoms. The van der Waals surface area contributed by atoms with Crippen LogP contribution in [-0.2, 0) is 30.4 Å². The zero-order chi connectivity index (χ0) is 27.1. The van der Waals surface area contributed by atoms with Crippen molar-refractivity contribution in [3.8, 4) is 0 Å². The van der Waals surface area contributed by atoms with Crippen molar-refractivity contribution in [3.63, 3.8) is 0 Å². The van der Waals surface area contributed by atoms with Crippen LogP contribution in [0.25, 0.3) is 10.9 Å². The molecule has 0 bridgehead atoms. The summed E-state index contributed by atoms with van der Waals surface area (Å²) < 4.78 is 0. The lowest BCUT2D eigenvalue weighted by Gasteiger charge is -2.28. The molecule has 0 saturated carbocycles. The van der Waals surface area contributed by atoms with Gasteiger partial charge in [0.15, 0.2) is 0 Å². The molecule has 1 aromatic heterocycles. The molecule has 200 valence electrons. The number of hydrogen-bond donors (Lipinski definition) is 7. The molecule has 4 atom stereocenters. The van der Waals surface area contributed by atoms with Crippen molar-refractivity contribution in [2.45, 2.75) is 56.3 Å². The SMILES string of the molecule is NC(=O)CCC(NC(=O)C(Cc1c[nH]c2ccccc12)NC(=O)C1CCCN1C(=O)C(N)CO)C(=O)O. The van der Waals surface area contributed by atoms with Crippen LogP contribution in [0.2, 0.25) is 0 Å². The van der Waals surface area contributed by atoms with Crippen LogP contribution in [0, 0.1) is 0 Å². The predicted molar refractivity (Wildman–Crippen MR) is 132 cm³/mol. The number of carboxylic acid groups (broad SMARTS) is 1. The quantitative estimate of drug-likeness (QED) is 0.173. The zero-order valence-electron chi connectivity index (χ0n) is 20.2. The number of carbonyl (C=O) groups excluding carboxylic acids is 4. The maximum absolute atomic E-state index is 13.2. The van der Waals surface area contributed by atoms with E-state index in [-0.39, 0.29) is 25.8 Å². The standard InChI is InChI=1S/C24H32N6O7/c25-15(12-31)23(35)30-9-3-6-19(30)22(34)29-18(10-13-11-27-16-5-2-1-4-14(13)16)21(33)28-17(24(36)37)7-8-20(26)32/h1-2,4-5,11,15,17-19,27,31H,3,6-10,12,25H2,(H2,26,32)(H,28,33)(H,29,34)(H,36,37). The predicted octanol–water partition coefficient (Wildman–Crippen LogP) is -1.66. The number of carboxylic acids is 1. The number of nitrogens with two attached hydrogens (primary N) is 2. The number of carbonyl (C=O) groups is 5. The highest BCUT2D eigenvalue weighted by atomic mass is 16.4. The highest BCUT2D eigenvalue weighted by molar-refractivity contribution is 5.95. The van der Waals surface area contributed by atoms with Crippen LogP contribution >= 0.6 is 0 Å². The number of nitrogens with zero attached hydrogens (tertiary/aromatic N) is 1. The maximum atomic E-state index is 13.2. The average Bonchev–Trinajstić information content (AvgIpc) is 3.52. The summed E-state index contributed by atoms with van der Waals surface area (Å²) in [7, 11) is 0. The summed E-state index contributed by atoms with van der Waals surface area (Å²) in [6.07, 6.45) is 2.14. The molecule has 1 fully saturated rings. The van der Waals surface area contributed by atoms with Gasteiger partial charge in [-0.15, -0.1) is 0 Å². The van der Waals surface area contributed by atoms with Gasteiger partial charge in [0, 0.05) is 36.5 Å². The summed E-state index contributed by atoms with van der Waals surface area (Å²) in [5, 5.41) is 24.6. The topological polar surface area (TPSA) is 221 Å². The number of para-hydroxylation sites is 1. The number of fused-ring (bicyclic) bond motifs is 1. The van der Waals surface area contributed by atoms with Gasteiger partial charge in [-0.25, -0.2) is 4.79 Å². The van der Waals surface area contributed by atoms with E-state index < -0.39 is 60.4 Å². The Hall–Kier alpha value is -3.97. The van der Waals surface area contributed by atoms with Gasteiger partial charge in [0.25, 0.3) is 0 Å². The van der Waals surface area contributed by atoms with E-state index in [2.05, 4.69) is 15.6 Å². The molecule has 9 N–H and O–H groups in total. The van der Waals surface area contributed by atoms with Gasteiger partial charge in [-0.1, -0.05) is 18.2 Å². The van der Waals surface area contributed by atoms with Gasteiger partial charge < -0.3 is 42.2 Å². The Balaban J connectivity index is 1.83. The lowest BCUT2D eigenvalue weighted by atomic mass is 10.0. The fourth-order valence-corrected chi connectivity index (χ4v) is 4.41. The zero-order valence-corrected chi connectivity index (χ0v) is 20.2. The first kappa shape index (κ1) is 27.6. The van der Waals surface area contributed by atoms with Crippen molar-refractivity contribution >= 4 is 40.5 Å². The Morgan fingerprint density at radius 2 is 1.86 bits per heavy atom. The van der Waals surface area contributed by atoms with E-state index in [0.29, 0.717) is 18.4 Å². The number of aromatic nitrogens is 1. The number of aliphatic hydroxyl groups is 1. The highest BCUT2D eigenvalue weighted by Gasteiger charge is 2.38. The Kier molecular flexibility index (Phi) is 9.20. The molecular formula is C24H32N6O7. The minimum atomic E-state index is -1.39. The van der Waals surface area contributed by atoms with Crippen molar-refractivity contribution in [3.05, 3.63) is 36.0 Å². The van der Waals surface area contributed by atoms with Gasteiger partial charge in [0.05, 0.1) is 6.61 Å². The molecule has 4 unspecified atom stereocenters. The molecule has 2 aromatic rings. The first-order valence-electron chi connectivity index (χ1n) is 12.0. The van der Waals surface area contributed by atoms with Crippen LogP contribution < -0.4 is 22.1 Å². The summed E-state index contributed by atoms with van der Waals surface area (Å²) in [5.41, 5.74) is 12.3. The molecule has 0 radical (unpaired) electrons. The van der Waals surface area contributed by atoms with Gasteiger partial charge in [-0.05, 0) is 30.9 Å². The van der Waals surface area contributed by atoms with E-state index >= 15 is 0 Å². The first-order valence-corrected chi connectivity index (χ1v) is 12.0. The number of aliphatic hydroxyl groups excluding tert-OH is 1. The molecule has 1 aliphatic heterocycles. The Labute approximate surface area is 212 Å². The molecule has 2 heterocycles. The number of hydrogen-bond acceptors (Lipinski definition) is 7. The van der Waals surface area contributed by atoms with Crippen LogP contribution in [0.1, 0.15) is 31.2 Å². The second kappa shape index (κ2) is 12.3. The van der Waals surface area contributed by atoms with Gasteiger partial charge >= 0.3 is 5.97 Å². The number of amides is 4. The van der Waals surface area contributed by atoms with Crippen molar-refractivity contribution in [1.82, 2.24) is 20.5 Å². The van der Waals surface area contributed by atoms with Crippen LogP contribution in [0.15, 0.2) is 30.5 Å². The smallest absolute Gasteiger partial charge is 0.326 e. The number of aliphatic carboxylic acids is 1. The number of aromatic amines is 1. The van der Waals surface area contributed by atoms with Crippen molar-refractivity contribution in [2.24, 2.45) is 11.5 Å². The second-order valence-corrected chi connectivity index (χ2v) is 9.01. The van der Waals surface area contributed by atoms with E-state index in [1.807, 2.05) is 24.3 Å². The molecule has 1 aromatic carbocycles. The van der Waals surface area contributed by atoms with Gasteiger partial charge in [0.2, 0.25) is 23.6 Å². The van der Waals surface area contributed by atoms with E-state index in [4.69, 9.17) is 11.5 Å². The molecule has 1 aliphatic rings. The fourth-order valence-electron chi connectivity index (χ4n) is 4.41. The van der Waals surface area contributed by atoms with Crippen LogP contribution in [-0.4, -0.2) is 87.0 Å². The number of rotatable bonds is 12. The summed E-state index contributed by atoms with van der Waals surface area (Å²) >= 11 is 0. The third-order valence-electron chi connectivity index (χ3n) is 6.38. The van der Waals surface area contributed by atoms with E-state index in [0.717, 1.165) is 10.9 Å².